The number of nitrogen functional groups attached to an aromatic ring is 1. The van der Waals surface area contributed by atoms with Crippen molar-refractivity contribution in [1.82, 2.24) is 4.72 Å². The van der Waals surface area contributed by atoms with Crippen LogP contribution in [-0.2, 0) is 10.0 Å². The SMILES string of the molecule is Nc1ccc(Cl)c(S(=O)(=O)NCCCCCO)c1. The number of rotatable bonds is 7. The van der Waals surface area contributed by atoms with Crippen LogP contribution in [0, 0.1) is 0 Å². The Bertz CT molecular complexity index is 491. The summed E-state index contributed by atoms with van der Waals surface area (Å²) in [6.45, 7) is 0.432. The van der Waals surface area contributed by atoms with Gasteiger partial charge in [0, 0.05) is 18.8 Å². The summed E-state index contributed by atoms with van der Waals surface area (Å²) >= 11 is 5.84. The van der Waals surface area contributed by atoms with Gasteiger partial charge in [0.15, 0.2) is 0 Å². The molecule has 1 rings (SSSR count). The van der Waals surface area contributed by atoms with E-state index in [9.17, 15) is 8.42 Å². The van der Waals surface area contributed by atoms with Gasteiger partial charge in [0.25, 0.3) is 0 Å². The maximum absolute atomic E-state index is 11.9. The first-order valence-corrected chi connectivity index (χ1v) is 7.49. The number of benzene rings is 1. The highest BCUT2D eigenvalue weighted by Crippen LogP contribution is 2.23. The number of nitrogens with one attached hydrogen (secondary N) is 1. The summed E-state index contributed by atoms with van der Waals surface area (Å²) in [4.78, 5) is -0.00803. The summed E-state index contributed by atoms with van der Waals surface area (Å²) in [6.07, 6.45) is 2.10. The largest absolute Gasteiger partial charge is 0.399 e. The highest BCUT2D eigenvalue weighted by atomic mass is 35.5. The average molecular weight is 293 g/mol. The van der Waals surface area contributed by atoms with Crippen LogP contribution < -0.4 is 10.5 Å². The molecule has 0 heterocycles. The van der Waals surface area contributed by atoms with Crippen molar-refractivity contribution in [3.63, 3.8) is 0 Å². The van der Waals surface area contributed by atoms with Crippen molar-refractivity contribution in [2.75, 3.05) is 18.9 Å². The number of hydrogen-bond acceptors (Lipinski definition) is 4. The predicted molar refractivity (Wildman–Crippen MR) is 72.0 cm³/mol. The first kappa shape index (κ1) is 15.2. The van der Waals surface area contributed by atoms with Crippen molar-refractivity contribution in [2.45, 2.75) is 24.2 Å². The van der Waals surface area contributed by atoms with Gasteiger partial charge < -0.3 is 10.8 Å². The summed E-state index contributed by atoms with van der Waals surface area (Å²) in [5.74, 6) is 0. The van der Waals surface area contributed by atoms with Crippen molar-refractivity contribution >= 4 is 27.3 Å². The second kappa shape index (κ2) is 6.94. The molecule has 18 heavy (non-hydrogen) atoms. The molecule has 0 radical (unpaired) electrons. The molecule has 0 bridgehead atoms. The van der Waals surface area contributed by atoms with Gasteiger partial charge in [-0.05, 0) is 37.5 Å². The van der Waals surface area contributed by atoms with Gasteiger partial charge in [-0.25, -0.2) is 13.1 Å². The number of hydrogen-bond donors (Lipinski definition) is 3. The molecule has 1 aromatic carbocycles. The van der Waals surface area contributed by atoms with Crippen molar-refractivity contribution < 1.29 is 13.5 Å². The van der Waals surface area contributed by atoms with E-state index >= 15 is 0 Å². The molecular weight excluding hydrogens is 276 g/mol. The van der Waals surface area contributed by atoms with E-state index in [2.05, 4.69) is 4.72 Å². The number of aliphatic hydroxyl groups is 1. The third-order valence-electron chi connectivity index (χ3n) is 2.37. The van der Waals surface area contributed by atoms with E-state index in [0.29, 0.717) is 25.1 Å². The standard InChI is InChI=1S/C11H17ClN2O3S/c12-10-5-4-9(13)8-11(10)18(16,17)14-6-2-1-3-7-15/h4-5,8,14-15H,1-3,6-7,13H2. The van der Waals surface area contributed by atoms with Gasteiger partial charge in [-0.1, -0.05) is 11.6 Å². The van der Waals surface area contributed by atoms with Crippen molar-refractivity contribution in [3.8, 4) is 0 Å². The van der Waals surface area contributed by atoms with Crippen LogP contribution in [0.4, 0.5) is 5.69 Å². The molecule has 7 heteroatoms. The monoisotopic (exact) mass is 292 g/mol. The van der Waals surface area contributed by atoms with E-state index in [1.165, 1.54) is 12.1 Å². The molecule has 0 spiro atoms. The summed E-state index contributed by atoms with van der Waals surface area (Å²) < 4.78 is 26.3. The molecule has 0 aliphatic carbocycles. The summed E-state index contributed by atoms with van der Waals surface area (Å²) in [5, 5.41) is 8.75. The smallest absolute Gasteiger partial charge is 0.242 e. The van der Waals surface area contributed by atoms with E-state index in [0.717, 1.165) is 6.42 Å². The van der Waals surface area contributed by atoms with Crippen LogP contribution in [0.5, 0.6) is 0 Å². The minimum Gasteiger partial charge on any atom is -0.399 e. The van der Waals surface area contributed by atoms with Gasteiger partial charge in [-0.15, -0.1) is 0 Å². The Labute approximate surface area is 112 Å². The number of nitrogens with two attached hydrogens (primary N) is 1. The molecule has 0 saturated carbocycles. The first-order valence-electron chi connectivity index (χ1n) is 5.63. The van der Waals surface area contributed by atoms with E-state index in [1.807, 2.05) is 0 Å². The van der Waals surface area contributed by atoms with Crippen molar-refractivity contribution in [3.05, 3.63) is 23.2 Å². The molecule has 0 atom stereocenters. The third-order valence-corrected chi connectivity index (χ3v) is 4.31. The van der Waals surface area contributed by atoms with Crippen LogP contribution in [0.25, 0.3) is 0 Å². The van der Waals surface area contributed by atoms with Crippen LogP contribution in [-0.4, -0.2) is 26.7 Å². The molecule has 0 unspecified atom stereocenters. The highest BCUT2D eigenvalue weighted by molar-refractivity contribution is 7.89. The van der Waals surface area contributed by atoms with Gasteiger partial charge in [-0.2, -0.15) is 0 Å². The van der Waals surface area contributed by atoms with Crippen LogP contribution >= 0.6 is 11.6 Å². The number of unbranched alkanes of at least 4 members (excludes halogenated alkanes) is 2. The van der Waals surface area contributed by atoms with Crippen LogP contribution in [0.1, 0.15) is 19.3 Å². The zero-order valence-electron chi connectivity index (χ0n) is 9.89. The molecule has 0 fully saturated rings. The number of anilines is 1. The highest BCUT2D eigenvalue weighted by Gasteiger charge is 2.17. The number of aliphatic hydroxyl groups excluding tert-OH is 1. The summed E-state index contributed by atoms with van der Waals surface area (Å²) in [5.41, 5.74) is 5.89. The van der Waals surface area contributed by atoms with E-state index in [4.69, 9.17) is 22.4 Å². The Morgan fingerprint density at radius 2 is 2.00 bits per heavy atom. The second-order valence-corrected chi connectivity index (χ2v) is 6.01. The summed E-state index contributed by atoms with van der Waals surface area (Å²) in [6, 6.07) is 4.33. The molecular formula is C11H17ClN2O3S. The lowest BCUT2D eigenvalue weighted by molar-refractivity contribution is 0.283. The minimum atomic E-state index is -3.63. The lowest BCUT2D eigenvalue weighted by Gasteiger charge is -2.08. The van der Waals surface area contributed by atoms with Crippen LogP contribution in [0.3, 0.4) is 0 Å². The molecule has 102 valence electrons. The Balaban J connectivity index is 2.66. The van der Waals surface area contributed by atoms with Crippen molar-refractivity contribution in [2.24, 2.45) is 0 Å². The van der Waals surface area contributed by atoms with Crippen molar-refractivity contribution in [1.29, 1.82) is 0 Å². The molecule has 0 saturated heterocycles. The zero-order chi connectivity index (χ0) is 13.6. The molecule has 0 amide bonds. The maximum atomic E-state index is 11.9. The fraction of sp³-hybridized carbons (Fsp3) is 0.455. The van der Waals surface area contributed by atoms with Crippen LogP contribution in [0.2, 0.25) is 5.02 Å². The molecule has 0 aliphatic heterocycles. The molecule has 1 aromatic rings. The zero-order valence-corrected chi connectivity index (χ0v) is 11.5. The van der Waals surface area contributed by atoms with Gasteiger partial charge in [0.1, 0.15) is 4.90 Å². The number of sulfonamides is 1. The van der Waals surface area contributed by atoms with Gasteiger partial charge in [0.05, 0.1) is 5.02 Å². The quantitative estimate of drug-likeness (QED) is 0.523. The Morgan fingerprint density at radius 3 is 2.67 bits per heavy atom. The lowest BCUT2D eigenvalue weighted by Crippen LogP contribution is -2.25. The van der Waals surface area contributed by atoms with Crippen LogP contribution in [0.15, 0.2) is 23.1 Å². The Kier molecular flexibility index (Phi) is 5.87. The summed E-state index contributed by atoms with van der Waals surface area (Å²) in [7, 11) is -3.63. The normalized spacial score (nSPS) is 11.7. The van der Waals surface area contributed by atoms with E-state index in [-0.39, 0.29) is 16.5 Å². The first-order chi connectivity index (χ1) is 8.47. The van der Waals surface area contributed by atoms with Gasteiger partial charge in [-0.3, -0.25) is 0 Å². The fourth-order valence-corrected chi connectivity index (χ4v) is 3.03. The van der Waals surface area contributed by atoms with Gasteiger partial charge >= 0.3 is 0 Å². The minimum absolute atomic E-state index is 0.00803. The molecule has 5 nitrogen and oxygen atoms in total. The second-order valence-electron chi connectivity index (χ2n) is 3.87. The molecule has 0 aromatic heterocycles. The predicted octanol–water partition coefficient (Wildman–Crippen LogP) is 1.36. The third kappa shape index (κ3) is 4.45. The molecule has 4 N–H and O–H groups in total. The Hall–Kier alpha value is -0.820. The topological polar surface area (TPSA) is 92.4 Å². The van der Waals surface area contributed by atoms with E-state index < -0.39 is 10.0 Å². The Morgan fingerprint density at radius 1 is 1.28 bits per heavy atom. The average Bonchev–Trinajstić information content (AvgIpc) is 2.32. The van der Waals surface area contributed by atoms with E-state index in [1.54, 1.807) is 6.07 Å². The van der Waals surface area contributed by atoms with Gasteiger partial charge in [0.2, 0.25) is 10.0 Å². The maximum Gasteiger partial charge on any atom is 0.242 e. The lowest BCUT2D eigenvalue weighted by atomic mass is 10.2. The fourth-order valence-electron chi connectivity index (χ4n) is 1.42. The molecule has 0 aliphatic rings. The number of halogens is 1.